The molecule has 0 saturated heterocycles. The zero-order valence-corrected chi connectivity index (χ0v) is 13.2. The van der Waals surface area contributed by atoms with Crippen LogP contribution < -0.4 is 4.74 Å². The van der Waals surface area contributed by atoms with Crippen LogP contribution in [0, 0.1) is 0 Å². The molecule has 0 atom stereocenters. The summed E-state index contributed by atoms with van der Waals surface area (Å²) < 4.78 is 18.6. The molecule has 4 aromatic rings. The fourth-order valence-corrected chi connectivity index (χ4v) is 2.82. The molecule has 24 heavy (non-hydrogen) atoms. The predicted molar refractivity (Wildman–Crippen MR) is 95.0 cm³/mol. The SMILES string of the molecule is [2H]c1ncnc2cc(-c3cc(OCOC)cc4ccccc34)ccc12. The van der Waals surface area contributed by atoms with Crippen LogP contribution in [0.2, 0.25) is 0 Å². The van der Waals surface area contributed by atoms with E-state index in [9.17, 15) is 0 Å². The van der Waals surface area contributed by atoms with Crippen molar-refractivity contribution in [1.29, 1.82) is 0 Å². The van der Waals surface area contributed by atoms with E-state index < -0.39 is 0 Å². The highest BCUT2D eigenvalue weighted by Crippen LogP contribution is 2.34. The minimum atomic E-state index is 0.199. The number of hydrogen-bond acceptors (Lipinski definition) is 4. The Morgan fingerprint density at radius 3 is 2.88 bits per heavy atom. The highest BCUT2D eigenvalue weighted by atomic mass is 16.7. The van der Waals surface area contributed by atoms with Gasteiger partial charge >= 0.3 is 0 Å². The molecule has 118 valence electrons. The Morgan fingerprint density at radius 1 is 1.04 bits per heavy atom. The smallest absolute Gasteiger partial charge is 0.188 e. The van der Waals surface area contributed by atoms with Gasteiger partial charge in [-0.2, -0.15) is 0 Å². The van der Waals surface area contributed by atoms with Crippen molar-refractivity contribution < 1.29 is 10.8 Å². The van der Waals surface area contributed by atoms with Gasteiger partial charge in [0.05, 0.1) is 6.89 Å². The fraction of sp³-hybridized carbons (Fsp3) is 0.100. The van der Waals surface area contributed by atoms with E-state index in [1.54, 1.807) is 7.11 Å². The Kier molecular flexibility index (Phi) is 3.51. The van der Waals surface area contributed by atoms with Gasteiger partial charge in [0.1, 0.15) is 12.1 Å². The molecule has 0 N–H and O–H groups in total. The van der Waals surface area contributed by atoms with Gasteiger partial charge in [0, 0.05) is 18.7 Å². The summed E-state index contributed by atoms with van der Waals surface area (Å²) in [5, 5.41) is 2.96. The van der Waals surface area contributed by atoms with Gasteiger partial charge in [-0.25, -0.2) is 9.97 Å². The van der Waals surface area contributed by atoms with E-state index in [0.717, 1.165) is 38.6 Å². The summed E-state index contributed by atoms with van der Waals surface area (Å²) in [6.45, 7) is 0.199. The first-order valence-corrected chi connectivity index (χ1v) is 7.62. The molecule has 0 bridgehead atoms. The molecule has 0 aliphatic carbocycles. The Morgan fingerprint density at radius 2 is 1.96 bits per heavy atom. The van der Waals surface area contributed by atoms with Gasteiger partial charge in [0.25, 0.3) is 0 Å². The Bertz CT molecular complexity index is 1070. The Balaban J connectivity index is 1.92. The van der Waals surface area contributed by atoms with Gasteiger partial charge in [-0.1, -0.05) is 36.4 Å². The topological polar surface area (TPSA) is 44.2 Å². The maximum absolute atomic E-state index is 7.90. The van der Waals surface area contributed by atoms with Gasteiger partial charge in [0.2, 0.25) is 0 Å². The van der Waals surface area contributed by atoms with Crippen LogP contribution >= 0.6 is 0 Å². The van der Waals surface area contributed by atoms with E-state index in [1.165, 1.54) is 6.33 Å². The third-order valence-electron chi connectivity index (χ3n) is 3.93. The molecule has 4 rings (SSSR count). The quantitative estimate of drug-likeness (QED) is 0.522. The second-order valence-corrected chi connectivity index (χ2v) is 5.46. The summed E-state index contributed by atoms with van der Waals surface area (Å²) in [5.74, 6) is 0.750. The van der Waals surface area contributed by atoms with E-state index in [4.69, 9.17) is 10.8 Å². The Hall–Kier alpha value is -2.98. The summed E-state index contributed by atoms with van der Waals surface area (Å²) in [4.78, 5) is 8.23. The standard InChI is InChI=1S/C20H16N2O2/c1-23-13-24-17-8-14-4-2-3-5-18(14)19(10-17)15-6-7-16-11-21-12-22-20(16)9-15/h2-12H,13H2,1H3/i11D. The van der Waals surface area contributed by atoms with Crippen LogP contribution in [0.3, 0.4) is 0 Å². The zero-order chi connectivity index (χ0) is 17.2. The first-order valence-electron chi connectivity index (χ1n) is 8.12. The number of hydrogen-bond donors (Lipinski definition) is 0. The molecule has 0 radical (unpaired) electrons. The molecule has 0 aliphatic rings. The summed E-state index contributed by atoms with van der Waals surface area (Å²) in [7, 11) is 1.60. The molecule has 4 nitrogen and oxygen atoms in total. The first-order chi connectivity index (χ1) is 12.3. The largest absolute Gasteiger partial charge is 0.468 e. The number of ether oxygens (including phenoxy) is 2. The predicted octanol–water partition coefficient (Wildman–Crippen LogP) is 4.43. The maximum atomic E-state index is 7.90. The number of benzene rings is 3. The third-order valence-corrected chi connectivity index (χ3v) is 3.93. The third kappa shape index (κ3) is 2.68. The van der Waals surface area contributed by atoms with E-state index in [-0.39, 0.29) is 13.0 Å². The van der Waals surface area contributed by atoms with Crippen molar-refractivity contribution in [2.45, 2.75) is 0 Å². The summed E-state index contributed by atoms with van der Waals surface area (Å²) in [5.41, 5.74) is 2.82. The molecule has 1 heterocycles. The van der Waals surface area contributed by atoms with Crippen molar-refractivity contribution in [2.24, 2.45) is 0 Å². The Labute approximate surface area is 141 Å². The highest BCUT2D eigenvalue weighted by molar-refractivity contribution is 5.99. The van der Waals surface area contributed by atoms with Crippen molar-refractivity contribution >= 4 is 21.7 Å². The van der Waals surface area contributed by atoms with Crippen LogP contribution in [0.1, 0.15) is 1.37 Å². The average Bonchev–Trinajstić information content (AvgIpc) is 2.65. The molecule has 0 amide bonds. The van der Waals surface area contributed by atoms with Crippen LogP contribution in [-0.2, 0) is 4.74 Å². The van der Waals surface area contributed by atoms with E-state index in [2.05, 4.69) is 22.1 Å². The second-order valence-electron chi connectivity index (χ2n) is 5.46. The van der Waals surface area contributed by atoms with Crippen LogP contribution in [0.15, 0.2) is 67.1 Å². The van der Waals surface area contributed by atoms with Crippen LogP contribution in [-0.4, -0.2) is 23.9 Å². The number of rotatable bonds is 4. The average molecular weight is 317 g/mol. The molecule has 1 aromatic heterocycles. The normalized spacial score (nSPS) is 11.6. The summed E-state index contributed by atoms with van der Waals surface area (Å²) >= 11 is 0. The molecule has 0 unspecified atom stereocenters. The highest BCUT2D eigenvalue weighted by Gasteiger charge is 2.08. The van der Waals surface area contributed by atoms with Gasteiger partial charge in [-0.05, 0) is 40.1 Å². The molecule has 3 aromatic carbocycles. The zero-order valence-electron chi connectivity index (χ0n) is 14.2. The molecule has 0 saturated carbocycles. The maximum Gasteiger partial charge on any atom is 0.188 e. The van der Waals surface area contributed by atoms with Crippen molar-refractivity contribution in [2.75, 3.05) is 13.9 Å². The van der Waals surface area contributed by atoms with Crippen molar-refractivity contribution in [3.63, 3.8) is 0 Å². The fourth-order valence-electron chi connectivity index (χ4n) is 2.82. The molecule has 0 aliphatic heterocycles. The molecule has 4 heteroatoms. The minimum absolute atomic E-state index is 0.199. The van der Waals surface area contributed by atoms with E-state index in [0.29, 0.717) is 0 Å². The summed E-state index contributed by atoms with van der Waals surface area (Å²) in [6.07, 6.45) is 1.66. The number of aromatic nitrogens is 2. The molecule has 0 spiro atoms. The number of fused-ring (bicyclic) bond motifs is 2. The van der Waals surface area contributed by atoms with Gasteiger partial charge in [-0.15, -0.1) is 0 Å². The minimum Gasteiger partial charge on any atom is -0.468 e. The van der Waals surface area contributed by atoms with Gasteiger partial charge < -0.3 is 9.47 Å². The van der Waals surface area contributed by atoms with Gasteiger partial charge in [0.15, 0.2) is 6.79 Å². The van der Waals surface area contributed by atoms with Crippen molar-refractivity contribution in [3.8, 4) is 16.9 Å². The van der Waals surface area contributed by atoms with Crippen LogP contribution in [0.25, 0.3) is 32.8 Å². The number of methoxy groups -OCH3 is 1. The van der Waals surface area contributed by atoms with Crippen molar-refractivity contribution in [3.05, 3.63) is 67.1 Å². The first kappa shape index (κ1) is 13.5. The van der Waals surface area contributed by atoms with Crippen LogP contribution in [0.4, 0.5) is 0 Å². The molecular weight excluding hydrogens is 300 g/mol. The van der Waals surface area contributed by atoms with Gasteiger partial charge in [-0.3, -0.25) is 0 Å². The lowest BCUT2D eigenvalue weighted by molar-refractivity contribution is 0.0512. The van der Waals surface area contributed by atoms with E-state index in [1.807, 2.05) is 42.5 Å². The molecular formula is C20H16N2O2. The monoisotopic (exact) mass is 317 g/mol. The van der Waals surface area contributed by atoms with Crippen molar-refractivity contribution in [1.82, 2.24) is 9.97 Å². The van der Waals surface area contributed by atoms with E-state index >= 15 is 0 Å². The lowest BCUT2D eigenvalue weighted by Gasteiger charge is -2.12. The second kappa shape index (κ2) is 6.26. The number of nitrogens with zero attached hydrogens (tertiary/aromatic N) is 2. The lowest BCUT2D eigenvalue weighted by atomic mass is 9.97. The lowest BCUT2D eigenvalue weighted by Crippen LogP contribution is -1.99. The molecule has 0 fully saturated rings. The van der Waals surface area contributed by atoms with Crippen LogP contribution in [0.5, 0.6) is 5.75 Å². The summed E-state index contributed by atoms with van der Waals surface area (Å²) in [6, 6.07) is 18.1.